The van der Waals surface area contributed by atoms with Crippen molar-refractivity contribution in [3.05, 3.63) is 98.3 Å². The SMILES string of the molecule is CCSc1c(-c2nnc(C3(c4ccc(Cl)cc4)CC3)o2)nn(-c2ccc(Cl)cc2Cl)c1-c1ccc(Cl)cc1. The standard InChI is InChI=1S/C28H20Cl4N4OS/c1-2-38-25-23(26-33-34-27(37-26)28(13-14-28)17-5-9-19(30)10-6-17)35-36(22-12-11-20(31)15-21(22)32)24(25)16-3-7-18(29)8-4-16/h3-12,15H,2,13-14H2,1H3. The van der Waals surface area contributed by atoms with Crippen molar-refractivity contribution in [3.8, 4) is 28.5 Å². The molecule has 2 aromatic heterocycles. The summed E-state index contributed by atoms with van der Waals surface area (Å²) in [6.07, 6.45) is 1.86. The Kier molecular flexibility index (Phi) is 6.95. The number of hydrogen-bond donors (Lipinski definition) is 0. The lowest BCUT2D eigenvalue weighted by Crippen LogP contribution is -2.08. The Morgan fingerprint density at radius 2 is 1.53 bits per heavy atom. The predicted molar refractivity (Wildman–Crippen MR) is 155 cm³/mol. The molecule has 0 radical (unpaired) electrons. The second-order valence-electron chi connectivity index (χ2n) is 8.98. The summed E-state index contributed by atoms with van der Waals surface area (Å²) < 4.78 is 8.17. The second-order valence-corrected chi connectivity index (χ2v) is 12.0. The molecule has 1 saturated carbocycles. The largest absolute Gasteiger partial charge is 0.418 e. The van der Waals surface area contributed by atoms with Crippen LogP contribution >= 0.6 is 58.2 Å². The van der Waals surface area contributed by atoms with E-state index >= 15 is 0 Å². The zero-order valence-corrected chi connectivity index (χ0v) is 23.9. The summed E-state index contributed by atoms with van der Waals surface area (Å²) in [5, 5.41) is 16.3. The van der Waals surface area contributed by atoms with Crippen molar-refractivity contribution in [2.24, 2.45) is 0 Å². The third-order valence-electron chi connectivity index (χ3n) is 6.57. The highest BCUT2D eigenvalue weighted by Crippen LogP contribution is 2.53. The van der Waals surface area contributed by atoms with Crippen molar-refractivity contribution in [1.82, 2.24) is 20.0 Å². The van der Waals surface area contributed by atoms with E-state index in [9.17, 15) is 0 Å². The molecule has 0 saturated heterocycles. The van der Waals surface area contributed by atoms with Crippen LogP contribution in [0.4, 0.5) is 0 Å². The van der Waals surface area contributed by atoms with Gasteiger partial charge < -0.3 is 4.42 Å². The number of hydrogen-bond acceptors (Lipinski definition) is 5. The fourth-order valence-corrected chi connectivity index (χ4v) is 6.18. The van der Waals surface area contributed by atoms with Gasteiger partial charge in [-0.05, 0) is 66.6 Å². The molecule has 0 bridgehead atoms. The summed E-state index contributed by atoms with van der Waals surface area (Å²) in [7, 11) is 0. The molecule has 192 valence electrons. The Bertz CT molecular complexity index is 1630. The minimum Gasteiger partial charge on any atom is -0.418 e. The molecule has 0 spiro atoms. The minimum atomic E-state index is -0.297. The maximum atomic E-state index is 6.65. The van der Waals surface area contributed by atoms with E-state index in [1.54, 1.807) is 23.9 Å². The monoisotopic (exact) mass is 600 g/mol. The Balaban J connectivity index is 1.52. The van der Waals surface area contributed by atoms with Crippen LogP contribution in [-0.2, 0) is 5.41 Å². The summed E-state index contributed by atoms with van der Waals surface area (Å²) in [6.45, 7) is 2.09. The molecule has 5 nitrogen and oxygen atoms in total. The maximum absolute atomic E-state index is 6.65. The van der Waals surface area contributed by atoms with Crippen molar-refractivity contribution < 1.29 is 4.42 Å². The normalized spacial score (nSPS) is 14.1. The average Bonchev–Trinajstić information content (AvgIpc) is 3.41. The molecule has 0 amide bonds. The fraction of sp³-hybridized carbons (Fsp3) is 0.179. The Morgan fingerprint density at radius 1 is 0.868 bits per heavy atom. The average molecular weight is 602 g/mol. The number of halogens is 4. The Hall–Kier alpha value is -2.48. The van der Waals surface area contributed by atoms with Gasteiger partial charge >= 0.3 is 0 Å². The van der Waals surface area contributed by atoms with Crippen molar-refractivity contribution in [2.75, 3.05) is 5.75 Å². The second kappa shape index (κ2) is 10.2. The van der Waals surface area contributed by atoms with E-state index in [0.29, 0.717) is 43.3 Å². The molecule has 5 aromatic rings. The van der Waals surface area contributed by atoms with E-state index in [-0.39, 0.29) is 5.41 Å². The predicted octanol–water partition coefficient (Wildman–Crippen LogP) is 9.39. The van der Waals surface area contributed by atoms with Crippen molar-refractivity contribution >= 4 is 58.2 Å². The first-order valence-electron chi connectivity index (χ1n) is 12.0. The quantitative estimate of drug-likeness (QED) is 0.174. The zero-order chi connectivity index (χ0) is 26.4. The topological polar surface area (TPSA) is 56.7 Å². The van der Waals surface area contributed by atoms with Gasteiger partial charge in [0.15, 0.2) is 5.69 Å². The van der Waals surface area contributed by atoms with Crippen LogP contribution < -0.4 is 0 Å². The highest BCUT2D eigenvalue weighted by molar-refractivity contribution is 7.99. The van der Waals surface area contributed by atoms with Crippen LogP contribution in [-0.4, -0.2) is 25.7 Å². The molecule has 1 aliphatic rings. The van der Waals surface area contributed by atoms with E-state index in [2.05, 4.69) is 17.1 Å². The zero-order valence-electron chi connectivity index (χ0n) is 20.1. The number of nitrogens with zero attached hydrogens (tertiary/aromatic N) is 4. The fourth-order valence-electron chi connectivity index (χ4n) is 4.55. The lowest BCUT2D eigenvalue weighted by molar-refractivity contribution is 0.470. The lowest BCUT2D eigenvalue weighted by Gasteiger charge is -2.11. The van der Waals surface area contributed by atoms with Gasteiger partial charge in [0.1, 0.15) is 0 Å². The van der Waals surface area contributed by atoms with Gasteiger partial charge in [-0.3, -0.25) is 0 Å². The maximum Gasteiger partial charge on any atom is 0.269 e. The van der Waals surface area contributed by atoms with E-state index in [1.807, 2.05) is 59.3 Å². The Morgan fingerprint density at radius 3 is 2.16 bits per heavy atom. The first-order valence-corrected chi connectivity index (χ1v) is 14.5. The van der Waals surface area contributed by atoms with Crippen LogP contribution in [0.1, 0.15) is 31.2 Å². The summed E-state index contributed by atoms with van der Waals surface area (Å²) in [6, 6.07) is 20.8. The van der Waals surface area contributed by atoms with E-state index in [1.165, 1.54) is 0 Å². The van der Waals surface area contributed by atoms with Gasteiger partial charge in [0.2, 0.25) is 5.89 Å². The van der Waals surface area contributed by atoms with Gasteiger partial charge in [-0.25, -0.2) is 4.68 Å². The molecule has 1 aliphatic carbocycles. The van der Waals surface area contributed by atoms with Gasteiger partial charge in [-0.2, -0.15) is 5.10 Å². The molecule has 2 heterocycles. The number of thioether (sulfide) groups is 1. The van der Waals surface area contributed by atoms with Gasteiger partial charge in [-0.1, -0.05) is 77.6 Å². The molecule has 3 aromatic carbocycles. The Labute approximate surface area is 244 Å². The van der Waals surface area contributed by atoms with Crippen LogP contribution in [0.5, 0.6) is 0 Å². The number of aromatic nitrogens is 4. The number of benzene rings is 3. The van der Waals surface area contributed by atoms with Crippen molar-refractivity contribution in [3.63, 3.8) is 0 Å². The molecule has 10 heteroatoms. The number of rotatable bonds is 7. The smallest absolute Gasteiger partial charge is 0.269 e. The highest BCUT2D eigenvalue weighted by atomic mass is 35.5. The molecule has 1 fully saturated rings. The minimum absolute atomic E-state index is 0.297. The summed E-state index contributed by atoms with van der Waals surface area (Å²) in [5.74, 6) is 1.74. The molecule has 0 N–H and O–H groups in total. The summed E-state index contributed by atoms with van der Waals surface area (Å²) in [5.41, 5.74) is 3.87. The van der Waals surface area contributed by atoms with E-state index in [4.69, 9.17) is 55.9 Å². The van der Waals surface area contributed by atoms with Gasteiger partial charge in [0, 0.05) is 20.6 Å². The van der Waals surface area contributed by atoms with Crippen LogP contribution in [0.2, 0.25) is 20.1 Å². The summed E-state index contributed by atoms with van der Waals surface area (Å²) >= 11 is 26.8. The van der Waals surface area contributed by atoms with Crippen molar-refractivity contribution in [2.45, 2.75) is 30.1 Å². The van der Waals surface area contributed by atoms with Gasteiger partial charge in [0.25, 0.3) is 5.89 Å². The van der Waals surface area contributed by atoms with Crippen LogP contribution in [0.25, 0.3) is 28.5 Å². The van der Waals surface area contributed by atoms with Crippen LogP contribution in [0.3, 0.4) is 0 Å². The molecule has 38 heavy (non-hydrogen) atoms. The van der Waals surface area contributed by atoms with E-state index < -0.39 is 0 Å². The van der Waals surface area contributed by atoms with Crippen LogP contribution in [0.15, 0.2) is 76.0 Å². The molecular formula is C28H20Cl4N4OS. The third-order valence-corrected chi connectivity index (χ3v) is 8.58. The third kappa shape index (κ3) is 4.63. The van der Waals surface area contributed by atoms with Gasteiger partial charge in [0.05, 0.1) is 26.7 Å². The highest BCUT2D eigenvalue weighted by Gasteiger charge is 2.51. The van der Waals surface area contributed by atoms with Gasteiger partial charge in [-0.15, -0.1) is 22.0 Å². The molecular weight excluding hydrogens is 582 g/mol. The van der Waals surface area contributed by atoms with Crippen molar-refractivity contribution in [1.29, 1.82) is 0 Å². The molecule has 6 rings (SSSR count). The molecule has 0 unspecified atom stereocenters. The summed E-state index contributed by atoms with van der Waals surface area (Å²) in [4.78, 5) is 0.910. The first kappa shape index (κ1) is 25.8. The van der Waals surface area contributed by atoms with E-state index in [0.717, 1.165) is 40.3 Å². The first-order chi connectivity index (χ1) is 18.4. The molecule has 0 atom stereocenters. The lowest BCUT2D eigenvalue weighted by atomic mass is 9.96. The molecule has 0 aliphatic heterocycles. The van der Waals surface area contributed by atoms with Crippen LogP contribution in [0, 0.1) is 0 Å².